The summed E-state index contributed by atoms with van der Waals surface area (Å²) in [6.07, 6.45) is 1.09. The lowest BCUT2D eigenvalue weighted by Crippen LogP contribution is -2.48. The molecule has 0 saturated carbocycles. The quantitative estimate of drug-likeness (QED) is 0.601. The van der Waals surface area contributed by atoms with E-state index in [-0.39, 0.29) is 5.91 Å². The first-order valence-electron chi connectivity index (χ1n) is 8.85. The maximum Gasteiger partial charge on any atom is 0.243 e. The van der Waals surface area contributed by atoms with Crippen molar-refractivity contribution in [2.24, 2.45) is 0 Å². The molecule has 2 aromatic carbocycles. The molecule has 0 heterocycles. The number of thioether (sulfide) groups is 1. The fourth-order valence-electron chi connectivity index (χ4n) is 2.75. The van der Waals surface area contributed by atoms with Crippen molar-refractivity contribution in [1.82, 2.24) is 5.32 Å². The highest BCUT2D eigenvalue weighted by molar-refractivity contribution is 7.98. The van der Waals surface area contributed by atoms with E-state index in [2.05, 4.69) is 24.4 Å². The van der Waals surface area contributed by atoms with Gasteiger partial charge in [0.2, 0.25) is 15.9 Å². The number of hydrogen-bond donors (Lipinski definition) is 1. The zero-order chi connectivity index (χ0) is 20.7. The number of anilines is 1. The summed E-state index contributed by atoms with van der Waals surface area (Å²) in [5, 5.41) is 3.33. The average Bonchev–Trinajstić information content (AvgIpc) is 2.63. The van der Waals surface area contributed by atoms with Crippen LogP contribution in [0.25, 0.3) is 0 Å². The first-order valence-corrected chi connectivity index (χ1v) is 12.2. The number of aryl methyl sites for hydroxylation is 1. The predicted molar refractivity (Wildman–Crippen MR) is 119 cm³/mol. The molecule has 0 spiro atoms. The molecule has 2 aromatic rings. The van der Waals surface area contributed by atoms with Crippen molar-refractivity contribution in [1.29, 1.82) is 0 Å². The summed E-state index contributed by atoms with van der Waals surface area (Å²) in [6.45, 7) is 4.12. The van der Waals surface area contributed by atoms with Crippen molar-refractivity contribution in [3.8, 4) is 0 Å². The van der Waals surface area contributed by atoms with E-state index in [9.17, 15) is 13.2 Å². The molecule has 152 valence electrons. The van der Waals surface area contributed by atoms with E-state index >= 15 is 0 Å². The number of sulfonamides is 1. The normalized spacial score (nSPS) is 12.4. The predicted octanol–water partition coefficient (Wildman–Crippen LogP) is 3.85. The minimum Gasteiger partial charge on any atom is -0.353 e. The number of amides is 1. The summed E-state index contributed by atoms with van der Waals surface area (Å²) >= 11 is 7.60. The zero-order valence-corrected chi connectivity index (χ0v) is 18.6. The van der Waals surface area contributed by atoms with Gasteiger partial charge in [-0.1, -0.05) is 35.9 Å². The summed E-state index contributed by atoms with van der Waals surface area (Å²) in [5.41, 5.74) is 2.93. The van der Waals surface area contributed by atoms with E-state index in [0.29, 0.717) is 17.3 Å². The second-order valence-electron chi connectivity index (χ2n) is 6.48. The van der Waals surface area contributed by atoms with Gasteiger partial charge in [-0.25, -0.2) is 8.42 Å². The van der Waals surface area contributed by atoms with Gasteiger partial charge in [0.25, 0.3) is 0 Å². The van der Waals surface area contributed by atoms with Crippen LogP contribution in [0.3, 0.4) is 0 Å². The molecule has 0 aromatic heterocycles. The van der Waals surface area contributed by atoms with Crippen molar-refractivity contribution in [3.63, 3.8) is 0 Å². The zero-order valence-electron chi connectivity index (χ0n) is 16.2. The monoisotopic (exact) mass is 440 g/mol. The number of carbonyl (C=O) groups is 1. The first-order chi connectivity index (χ1) is 13.2. The summed E-state index contributed by atoms with van der Waals surface area (Å²) < 4.78 is 25.6. The summed E-state index contributed by atoms with van der Waals surface area (Å²) in [6, 6.07) is 13.7. The summed E-state index contributed by atoms with van der Waals surface area (Å²) in [7, 11) is -3.63. The Bertz CT molecular complexity index is 902. The minimum absolute atomic E-state index is 0.336. The molecule has 0 bridgehead atoms. The van der Waals surface area contributed by atoms with Crippen molar-refractivity contribution in [2.75, 3.05) is 22.9 Å². The van der Waals surface area contributed by atoms with Gasteiger partial charge in [-0.2, -0.15) is 11.8 Å². The third-order valence-electron chi connectivity index (χ3n) is 4.23. The van der Waals surface area contributed by atoms with Crippen molar-refractivity contribution < 1.29 is 13.2 Å². The molecule has 0 aliphatic carbocycles. The third kappa shape index (κ3) is 6.43. The van der Waals surface area contributed by atoms with Crippen molar-refractivity contribution in [3.05, 3.63) is 64.7 Å². The van der Waals surface area contributed by atoms with E-state index in [4.69, 9.17) is 11.6 Å². The standard InChI is InChI=1S/C20H25ClN2O3S2/c1-15-6-4-5-7-17(15)14-27-13-12-22-20(24)16(2)23(28(3,25)26)19-10-8-18(21)9-11-19/h4-11,16H,12-14H2,1-3H3,(H,22,24)/t16-/m1/s1. The second-order valence-corrected chi connectivity index (χ2v) is 9.88. The van der Waals surface area contributed by atoms with Crippen LogP contribution in [0.4, 0.5) is 5.69 Å². The largest absolute Gasteiger partial charge is 0.353 e. The fraction of sp³-hybridized carbons (Fsp3) is 0.350. The highest BCUT2D eigenvalue weighted by Gasteiger charge is 2.28. The molecule has 0 fully saturated rings. The topological polar surface area (TPSA) is 66.5 Å². The van der Waals surface area contributed by atoms with Crippen LogP contribution in [0.2, 0.25) is 5.02 Å². The maximum absolute atomic E-state index is 12.5. The summed E-state index contributed by atoms with van der Waals surface area (Å²) in [5.74, 6) is 1.28. The lowest BCUT2D eigenvalue weighted by atomic mass is 10.1. The highest BCUT2D eigenvalue weighted by atomic mass is 35.5. The van der Waals surface area contributed by atoms with Gasteiger partial charge in [0, 0.05) is 23.1 Å². The number of benzene rings is 2. The molecule has 1 amide bonds. The Balaban J connectivity index is 1.90. The number of carbonyl (C=O) groups excluding carboxylic acids is 1. The lowest BCUT2D eigenvalue weighted by Gasteiger charge is -2.28. The maximum atomic E-state index is 12.5. The molecule has 2 rings (SSSR count). The van der Waals surface area contributed by atoms with Crippen LogP contribution in [0.5, 0.6) is 0 Å². The Morgan fingerprint density at radius 1 is 1.18 bits per heavy atom. The van der Waals surface area contributed by atoms with E-state index < -0.39 is 16.1 Å². The number of nitrogens with one attached hydrogen (secondary N) is 1. The molecule has 0 radical (unpaired) electrons. The van der Waals surface area contributed by atoms with E-state index in [0.717, 1.165) is 22.1 Å². The second kappa shape index (κ2) is 10.2. The Kier molecular flexibility index (Phi) is 8.22. The van der Waals surface area contributed by atoms with Gasteiger partial charge in [-0.15, -0.1) is 0 Å². The van der Waals surface area contributed by atoms with Crippen molar-refractivity contribution >= 4 is 45.0 Å². The van der Waals surface area contributed by atoms with Gasteiger partial charge in [-0.3, -0.25) is 9.10 Å². The number of rotatable bonds is 9. The molecule has 1 N–H and O–H groups in total. The van der Waals surface area contributed by atoms with Gasteiger partial charge in [0.15, 0.2) is 0 Å². The van der Waals surface area contributed by atoms with Gasteiger partial charge in [-0.05, 0) is 49.2 Å². The molecule has 0 saturated heterocycles. The van der Waals surface area contributed by atoms with Crippen LogP contribution in [-0.2, 0) is 20.6 Å². The van der Waals surface area contributed by atoms with E-state index in [1.54, 1.807) is 43.0 Å². The van der Waals surface area contributed by atoms with Crippen LogP contribution in [-0.4, -0.2) is 38.9 Å². The van der Waals surface area contributed by atoms with Gasteiger partial charge in [0.1, 0.15) is 6.04 Å². The molecular weight excluding hydrogens is 416 g/mol. The van der Waals surface area contributed by atoms with Crippen LogP contribution in [0.15, 0.2) is 48.5 Å². The Morgan fingerprint density at radius 2 is 1.82 bits per heavy atom. The van der Waals surface area contributed by atoms with Crippen LogP contribution in [0.1, 0.15) is 18.1 Å². The number of hydrogen-bond acceptors (Lipinski definition) is 4. The number of halogens is 1. The fourth-order valence-corrected chi connectivity index (χ4v) is 4.98. The molecular formula is C20H25ClN2O3S2. The van der Waals surface area contributed by atoms with Gasteiger partial charge in [0.05, 0.1) is 11.9 Å². The SMILES string of the molecule is Cc1ccccc1CSCCNC(=O)[C@@H](C)N(c1ccc(Cl)cc1)S(C)(=O)=O. The molecule has 5 nitrogen and oxygen atoms in total. The molecule has 1 atom stereocenters. The van der Waals surface area contributed by atoms with E-state index in [1.807, 2.05) is 12.1 Å². The molecule has 0 unspecified atom stereocenters. The third-order valence-corrected chi connectivity index (χ3v) is 6.74. The highest BCUT2D eigenvalue weighted by Crippen LogP contribution is 2.23. The van der Waals surface area contributed by atoms with Crippen molar-refractivity contribution in [2.45, 2.75) is 25.6 Å². The number of nitrogens with zero attached hydrogens (tertiary/aromatic N) is 1. The van der Waals surface area contributed by atoms with E-state index in [1.165, 1.54) is 11.1 Å². The van der Waals surface area contributed by atoms with Crippen LogP contribution < -0.4 is 9.62 Å². The Labute approximate surface area is 176 Å². The van der Waals surface area contributed by atoms with Gasteiger partial charge >= 0.3 is 0 Å². The van der Waals surface area contributed by atoms with Gasteiger partial charge < -0.3 is 5.32 Å². The Hall–Kier alpha value is -1.70. The molecule has 0 aliphatic heterocycles. The molecule has 8 heteroatoms. The Morgan fingerprint density at radius 3 is 2.43 bits per heavy atom. The van der Waals surface area contributed by atoms with Crippen LogP contribution in [0, 0.1) is 6.92 Å². The first kappa shape index (κ1) is 22.6. The molecule has 28 heavy (non-hydrogen) atoms. The smallest absolute Gasteiger partial charge is 0.243 e. The minimum atomic E-state index is -3.63. The average molecular weight is 441 g/mol. The molecule has 0 aliphatic rings. The lowest BCUT2D eigenvalue weighted by molar-refractivity contribution is -0.121. The van der Waals surface area contributed by atoms with Crippen LogP contribution >= 0.6 is 23.4 Å². The summed E-state index contributed by atoms with van der Waals surface area (Å²) in [4.78, 5) is 12.5.